The molecule has 0 saturated carbocycles. The zero-order chi connectivity index (χ0) is 19.2. The first-order valence-corrected chi connectivity index (χ1v) is 9.96. The minimum Gasteiger partial charge on any atom is -0.504 e. The minimum absolute atomic E-state index is 0.0787. The fraction of sp³-hybridized carbons (Fsp3) is 0.316. The Morgan fingerprint density at radius 1 is 1.08 bits per heavy atom. The van der Waals surface area contributed by atoms with Gasteiger partial charge in [-0.2, -0.15) is 4.31 Å². The molecule has 0 amide bonds. The van der Waals surface area contributed by atoms with Crippen molar-refractivity contribution < 1.29 is 18.3 Å². The van der Waals surface area contributed by atoms with Crippen molar-refractivity contribution in [2.24, 2.45) is 4.99 Å². The van der Waals surface area contributed by atoms with Crippen molar-refractivity contribution in [1.82, 2.24) is 4.31 Å². The second kappa shape index (κ2) is 8.82. The van der Waals surface area contributed by atoms with E-state index in [9.17, 15) is 13.5 Å². The van der Waals surface area contributed by atoms with E-state index in [0.29, 0.717) is 31.1 Å². The molecule has 7 heteroatoms. The molecule has 2 aromatic rings. The average Bonchev–Trinajstić information content (AvgIpc) is 2.63. The number of nitrogens with zero attached hydrogens (tertiary/aromatic N) is 2. The summed E-state index contributed by atoms with van der Waals surface area (Å²) in [6.45, 7) is 6.79. The van der Waals surface area contributed by atoms with Gasteiger partial charge >= 0.3 is 0 Å². The van der Waals surface area contributed by atoms with Crippen LogP contribution in [0.3, 0.4) is 0 Å². The second-order valence-corrected chi connectivity index (χ2v) is 7.44. The molecule has 0 atom stereocenters. The highest BCUT2D eigenvalue weighted by molar-refractivity contribution is 7.89. The highest BCUT2D eigenvalue weighted by atomic mass is 32.2. The highest BCUT2D eigenvalue weighted by Crippen LogP contribution is 2.26. The Hall–Kier alpha value is -2.38. The van der Waals surface area contributed by atoms with Crippen molar-refractivity contribution in [1.29, 1.82) is 0 Å². The highest BCUT2D eigenvalue weighted by Gasteiger charge is 2.20. The van der Waals surface area contributed by atoms with Crippen molar-refractivity contribution in [2.75, 3.05) is 19.7 Å². The van der Waals surface area contributed by atoms with Gasteiger partial charge < -0.3 is 9.84 Å². The lowest BCUT2D eigenvalue weighted by Gasteiger charge is -2.18. The zero-order valence-electron chi connectivity index (χ0n) is 15.2. The molecule has 26 heavy (non-hydrogen) atoms. The van der Waals surface area contributed by atoms with Crippen LogP contribution in [0.5, 0.6) is 11.5 Å². The number of sulfonamides is 1. The summed E-state index contributed by atoms with van der Waals surface area (Å²) in [4.78, 5) is 4.60. The topological polar surface area (TPSA) is 79.2 Å². The SMILES string of the molecule is CCOc1cc(C=Nc2ccc(S(=O)(=O)N(CC)CC)cc2)ccc1O. The third-order valence-electron chi connectivity index (χ3n) is 3.83. The van der Waals surface area contributed by atoms with Crippen LogP contribution in [0.15, 0.2) is 52.4 Å². The van der Waals surface area contributed by atoms with Gasteiger partial charge in [0.25, 0.3) is 0 Å². The number of benzene rings is 2. The third-order valence-corrected chi connectivity index (χ3v) is 5.89. The van der Waals surface area contributed by atoms with Crippen LogP contribution in [0.4, 0.5) is 5.69 Å². The molecule has 6 nitrogen and oxygen atoms in total. The van der Waals surface area contributed by atoms with Gasteiger partial charge in [-0.15, -0.1) is 0 Å². The van der Waals surface area contributed by atoms with E-state index in [4.69, 9.17) is 4.74 Å². The van der Waals surface area contributed by atoms with Crippen molar-refractivity contribution in [3.8, 4) is 11.5 Å². The van der Waals surface area contributed by atoms with Crippen molar-refractivity contribution in [3.05, 3.63) is 48.0 Å². The van der Waals surface area contributed by atoms with E-state index >= 15 is 0 Å². The number of hydrogen-bond acceptors (Lipinski definition) is 5. The molecule has 0 unspecified atom stereocenters. The first-order valence-electron chi connectivity index (χ1n) is 8.52. The van der Waals surface area contributed by atoms with Crippen molar-refractivity contribution in [3.63, 3.8) is 0 Å². The molecule has 0 saturated heterocycles. The third kappa shape index (κ3) is 4.62. The summed E-state index contributed by atoms with van der Waals surface area (Å²) in [5.74, 6) is 0.479. The lowest BCUT2D eigenvalue weighted by Crippen LogP contribution is -2.30. The van der Waals surface area contributed by atoms with E-state index in [2.05, 4.69) is 4.99 Å². The van der Waals surface area contributed by atoms with Crippen LogP contribution in [0.25, 0.3) is 0 Å². The summed E-state index contributed by atoms with van der Waals surface area (Å²) in [6, 6.07) is 11.4. The number of phenols is 1. The minimum atomic E-state index is -3.46. The number of rotatable bonds is 8. The van der Waals surface area contributed by atoms with Crippen molar-refractivity contribution >= 4 is 21.9 Å². The fourth-order valence-corrected chi connectivity index (χ4v) is 3.91. The predicted molar refractivity (Wildman–Crippen MR) is 103 cm³/mol. The molecule has 0 fully saturated rings. The normalized spacial score (nSPS) is 12.0. The Kier molecular flexibility index (Phi) is 6.76. The molecule has 0 aliphatic heterocycles. The van der Waals surface area contributed by atoms with E-state index in [0.717, 1.165) is 5.56 Å². The number of ether oxygens (including phenoxy) is 1. The molecule has 0 radical (unpaired) electrons. The van der Waals surface area contributed by atoms with Crippen LogP contribution in [-0.2, 0) is 10.0 Å². The molecule has 0 aliphatic rings. The summed E-state index contributed by atoms with van der Waals surface area (Å²) < 4.78 is 31.7. The summed E-state index contributed by atoms with van der Waals surface area (Å²) in [5, 5.41) is 9.71. The monoisotopic (exact) mass is 376 g/mol. The van der Waals surface area contributed by atoms with Crippen LogP contribution < -0.4 is 4.74 Å². The first-order chi connectivity index (χ1) is 12.4. The van der Waals surface area contributed by atoms with Crippen LogP contribution in [0.2, 0.25) is 0 Å². The Bertz CT molecular complexity index is 858. The quantitative estimate of drug-likeness (QED) is 0.714. The molecule has 0 bridgehead atoms. The lowest BCUT2D eigenvalue weighted by atomic mass is 10.2. The molecule has 140 valence electrons. The second-order valence-electron chi connectivity index (χ2n) is 5.50. The average molecular weight is 376 g/mol. The van der Waals surface area contributed by atoms with E-state index in [1.807, 2.05) is 20.8 Å². The predicted octanol–water partition coefficient (Wildman–Crippen LogP) is 3.57. The van der Waals surface area contributed by atoms with Gasteiger partial charge in [0.15, 0.2) is 11.5 Å². The molecule has 2 rings (SSSR count). The molecule has 0 aliphatic carbocycles. The Balaban J connectivity index is 2.19. The van der Waals surface area contributed by atoms with Gasteiger partial charge in [0, 0.05) is 19.3 Å². The fourth-order valence-electron chi connectivity index (χ4n) is 2.45. The van der Waals surface area contributed by atoms with Crippen LogP contribution in [0.1, 0.15) is 26.3 Å². The molecule has 1 N–H and O–H groups in total. The van der Waals surface area contributed by atoms with Gasteiger partial charge in [0.2, 0.25) is 10.0 Å². The van der Waals surface area contributed by atoms with Gasteiger partial charge in [0.05, 0.1) is 17.2 Å². The van der Waals surface area contributed by atoms with Crippen LogP contribution >= 0.6 is 0 Å². The maximum Gasteiger partial charge on any atom is 0.243 e. The van der Waals surface area contributed by atoms with Gasteiger partial charge in [-0.05, 0) is 55.0 Å². The molecular weight excluding hydrogens is 352 g/mol. The van der Waals surface area contributed by atoms with Gasteiger partial charge in [-0.25, -0.2) is 8.42 Å². The Morgan fingerprint density at radius 3 is 2.31 bits per heavy atom. The lowest BCUT2D eigenvalue weighted by molar-refractivity contribution is 0.318. The maximum atomic E-state index is 12.5. The van der Waals surface area contributed by atoms with Gasteiger partial charge in [-0.3, -0.25) is 4.99 Å². The van der Waals surface area contributed by atoms with Gasteiger partial charge in [-0.1, -0.05) is 13.8 Å². The standard InChI is InChI=1S/C19H24N2O4S/c1-4-21(5-2)26(23,24)17-10-8-16(9-11-17)20-14-15-7-12-18(22)19(13-15)25-6-3/h7-14,22H,4-6H2,1-3H3. The summed E-state index contributed by atoms with van der Waals surface area (Å²) in [5.41, 5.74) is 1.40. The molecule has 0 aromatic heterocycles. The number of hydrogen-bond donors (Lipinski definition) is 1. The van der Waals surface area contributed by atoms with E-state index in [1.165, 1.54) is 4.31 Å². The molecule has 0 spiro atoms. The van der Waals surface area contributed by atoms with Gasteiger partial charge in [0.1, 0.15) is 0 Å². The van der Waals surface area contributed by atoms with E-state index in [-0.39, 0.29) is 10.6 Å². The molecular formula is C19H24N2O4S. The number of phenolic OH excluding ortho intramolecular Hbond substituents is 1. The van der Waals surface area contributed by atoms with Crippen LogP contribution in [-0.4, -0.2) is 43.7 Å². The Labute approximate surface area is 154 Å². The Morgan fingerprint density at radius 2 is 1.73 bits per heavy atom. The summed E-state index contributed by atoms with van der Waals surface area (Å²) >= 11 is 0. The number of aromatic hydroxyl groups is 1. The zero-order valence-corrected chi connectivity index (χ0v) is 16.0. The first kappa shape index (κ1) is 19.9. The maximum absolute atomic E-state index is 12.5. The smallest absolute Gasteiger partial charge is 0.243 e. The number of aliphatic imine (C=N–C) groups is 1. The summed E-state index contributed by atoms with van der Waals surface area (Å²) in [7, 11) is -3.46. The van der Waals surface area contributed by atoms with Crippen molar-refractivity contribution in [2.45, 2.75) is 25.7 Å². The molecule has 0 heterocycles. The molecule has 2 aromatic carbocycles. The van der Waals surface area contributed by atoms with E-state index < -0.39 is 10.0 Å². The summed E-state index contributed by atoms with van der Waals surface area (Å²) in [6.07, 6.45) is 1.63. The van der Waals surface area contributed by atoms with Crippen LogP contribution in [0, 0.1) is 0 Å². The largest absolute Gasteiger partial charge is 0.504 e. The van der Waals surface area contributed by atoms with E-state index in [1.54, 1.807) is 48.7 Å².